The first-order valence-electron chi connectivity index (χ1n) is 5.12. The van der Waals surface area contributed by atoms with Crippen LogP contribution in [0.1, 0.15) is 33.9 Å². The molecule has 0 N–H and O–H groups in total. The summed E-state index contributed by atoms with van der Waals surface area (Å²) in [5.41, 5.74) is 4.12. The predicted octanol–water partition coefficient (Wildman–Crippen LogP) is 1.34. The molecule has 0 bridgehead atoms. The Morgan fingerprint density at radius 1 is 1.40 bits per heavy atom. The van der Waals surface area contributed by atoms with Gasteiger partial charge in [-0.05, 0) is 31.7 Å². The molecule has 0 unspecified atom stereocenters. The molecule has 0 radical (unpaired) electrons. The van der Waals surface area contributed by atoms with E-state index in [4.69, 9.17) is 0 Å². The van der Waals surface area contributed by atoms with Crippen LogP contribution in [0.5, 0.6) is 0 Å². The largest absolute Gasteiger partial charge is 0.296 e. The minimum absolute atomic E-state index is 0.460. The number of fused-ring (bicyclic) bond motifs is 3. The van der Waals surface area contributed by atoms with Gasteiger partial charge in [0, 0.05) is 17.6 Å². The topological polar surface area (TPSA) is 47.3 Å². The van der Waals surface area contributed by atoms with Crippen LogP contribution >= 0.6 is 0 Å². The summed E-state index contributed by atoms with van der Waals surface area (Å²) in [4.78, 5) is 19.2. The van der Waals surface area contributed by atoms with Gasteiger partial charge in [0.15, 0.2) is 6.29 Å². The Balaban J connectivity index is 2.40. The van der Waals surface area contributed by atoms with Crippen LogP contribution in [0.3, 0.4) is 0 Å². The van der Waals surface area contributed by atoms with Gasteiger partial charge in [-0.1, -0.05) is 0 Å². The number of imidazole rings is 1. The van der Waals surface area contributed by atoms with Crippen molar-refractivity contribution in [1.29, 1.82) is 0 Å². The van der Waals surface area contributed by atoms with Gasteiger partial charge in [-0.15, -0.1) is 0 Å². The third-order valence-corrected chi connectivity index (χ3v) is 3.01. The molecule has 1 aliphatic carbocycles. The van der Waals surface area contributed by atoms with E-state index in [0.29, 0.717) is 11.5 Å². The molecule has 4 heteroatoms. The first kappa shape index (κ1) is 8.59. The first-order chi connectivity index (χ1) is 7.29. The van der Waals surface area contributed by atoms with Crippen molar-refractivity contribution in [3.63, 3.8) is 0 Å². The van der Waals surface area contributed by atoms with Gasteiger partial charge in [0.1, 0.15) is 5.69 Å². The van der Waals surface area contributed by atoms with Gasteiger partial charge in [-0.2, -0.15) is 0 Å². The number of carbonyl (C=O) groups is 1. The van der Waals surface area contributed by atoms with Crippen molar-refractivity contribution >= 4 is 12.1 Å². The van der Waals surface area contributed by atoms with E-state index in [1.165, 1.54) is 17.7 Å². The molecule has 4 nitrogen and oxygen atoms in total. The highest BCUT2D eigenvalue weighted by atomic mass is 16.1. The van der Waals surface area contributed by atoms with Gasteiger partial charge in [0.05, 0.1) is 0 Å². The lowest BCUT2D eigenvalue weighted by molar-refractivity contribution is 0.111. The van der Waals surface area contributed by atoms with E-state index < -0.39 is 0 Å². The molecule has 0 atom stereocenters. The Bertz CT molecular complexity index is 556. The van der Waals surface area contributed by atoms with Crippen LogP contribution in [0.2, 0.25) is 0 Å². The molecule has 2 aromatic rings. The van der Waals surface area contributed by atoms with E-state index in [1.807, 2.05) is 11.3 Å². The summed E-state index contributed by atoms with van der Waals surface area (Å²) < 4.78 is 1.96. The Morgan fingerprint density at radius 3 is 3.07 bits per heavy atom. The van der Waals surface area contributed by atoms with Crippen molar-refractivity contribution < 1.29 is 4.79 Å². The summed E-state index contributed by atoms with van der Waals surface area (Å²) in [6, 6.07) is 0. The van der Waals surface area contributed by atoms with Crippen molar-refractivity contribution in [1.82, 2.24) is 14.4 Å². The second kappa shape index (κ2) is 2.89. The van der Waals surface area contributed by atoms with E-state index in [1.54, 1.807) is 6.20 Å². The lowest BCUT2D eigenvalue weighted by Gasteiger charge is -2.05. The maximum atomic E-state index is 10.7. The fraction of sp³-hybridized carbons (Fsp3) is 0.364. The molecule has 0 aromatic carbocycles. The molecule has 0 fully saturated rings. The number of aldehydes is 1. The van der Waals surface area contributed by atoms with Crippen LogP contribution in [0, 0.1) is 6.92 Å². The maximum absolute atomic E-state index is 10.7. The average molecular weight is 201 g/mol. The molecule has 0 saturated carbocycles. The summed E-state index contributed by atoms with van der Waals surface area (Å²) in [7, 11) is 0. The molecule has 0 aliphatic heterocycles. The number of aromatic nitrogens is 3. The molecule has 0 saturated heterocycles. The van der Waals surface area contributed by atoms with Gasteiger partial charge in [0.25, 0.3) is 0 Å². The molecule has 0 spiro atoms. The van der Waals surface area contributed by atoms with Crippen LogP contribution in [-0.4, -0.2) is 20.7 Å². The predicted molar refractivity (Wildman–Crippen MR) is 55.1 cm³/mol. The van der Waals surface area contributed by atoms with Crippen LogP contribution in [0.25, 0.3) is 5.78 Å². The quantitative estimate of drug-likeness (QED) is 0.654. The fourth-order valence-electron chi connectivity index (χ4n) is 2.32. The van der Waals surface area contributed by atoms with Gasteiger partial charge in [-0.25, -0.2) is 9.97 Å². The molecule has 0 amide bonds. The summed E-state index contributed by atoms with van der Waals surface area (Å²) >= 11 is 0. The molecule has 3 rings (SSSR count). The van der Waals surface area contributed by atoms with Crippen molar-refractivity contribution in [2.45, 2.75) is 26.2 Å². The molecule has 1 aliphatic rings. The zero-order chi connectivity index (χ0) is 10.4. The molecular formula is C11H11N3O. The standard InChI is InChI=1S/C11H11N3O/c1-7-9-3-2-4-10(9)14-5-8(6-15)13-11(14)12-7/h5-6H,2-4H2,1H3. The second-order valence-corrected chi connectivity index (χ2v) is 3.93. The van der Waals surface area contributed by atoms with Crippen LogP contribution in [-0.2, 0) is 12.8 Å². The SMILES string of the molecule is Cc1nc2nc(C=O)cn2c2c1CCC2. The Hall–Kier alpha value is -1.71. The number of hydrogen-bond donors (Lipinski definition) is 0. The number of hydrogen-bond acceptors (Lipinski definition) is 3. The summed E-state index contributed by atoms with van der Waals surface area (Å²) in [5, 5.41) is 0. The number of aryl methyl sites for hydroxylation is 2. The monoisotopic (exact) mass is 201 g/mol. The Labute approximate surface area is 87.0 Å². The van der Waals surface area contributed by atoms with Crippen molar-refractivity contribution in [3.8, 4) is 0 Å². The van der Waals surface area contributed by atoms with Crippen LogP contribution in [0.15, 0.2) is 6.20 Å². The van der Waals surface area contributed by atoms with Gasteiger partial charge >= 0.3 is 0 Å². The first-order valence-corrected chi connectivity index (χ1v) is 5.12. The highest BCUT2D eigenvalue weighted by Crippen LogP contribution is 2.24. The zero-order valence-corrected chi connectivity index (χ0v) is 8.53. The molecule has 2 heterocycles. The highest BCUT2D eigenvalue weighted by Gasteiger charge is 2.18. The van der Waals surface area contributed by atoms with E-state index in [2.05, 4.69) is 9.97 Å². The highest BCUT2D eigenvalue weighted by molar-refractivity contribution is 5.72. The second-order valence-electron chi connectivity index (χ2n) is 3.93. The average Bonchev–Trinajstić information content (AvgIpc) is 2.80. The van der Waals surface area contributed by atoms with Gasteiger partial charge in [-0.3, -0.25) is 9.20 Å². The van der Waals surface area contributed by atoms with Gasteiger partial charge < -0.3 is 0 Å². The Kier molecular flexibility index (Phi) is 1.65. The lowest BCUT2D eigenvalue weighted by atomic mass is 10.2. The van der Waals surface area contributed by atoms with Crippen LogP contribution < -0.4 is 0 Å². The summed E-state index contributed by atoms with van der Waals surface area (Å²) in [6.07, 6.45) is 5.87. The van der Waals surface area contributed by atoms with Gasteiger partial charge in [0.2, 0.25) is 5.78 Å². The third-order valence-electron chi connectivity index (χ3n) is 3.01. The number of nitrogens with zero attached hydrogens (tertiary/aromatic N) is 3. The van der Waals surface area contributed by atoms with E-state index in [0.717, 1.165) is 24.8 Å². The normalized spacial score (nSPS) is 14.5. The van der Waals surface area contributed by atoms with Crippen molar-refractivity contribution in [2.75, 3.05) is 0 Å². The minimum atomic E-state index is 0.460. The van der Waals surface area contributed by atoms with E-state index in [9.17, 15) is 4.79 Å². The third kappa shape index (κ3) is 1.11. The smallest absolute Gasteiger partial charge is 0.234 e. The van der Waals surface area contributed by atoms with E-state index >= 15 is 0 Å². The maximum Gasteiger partial charge on any atom is 0.234 e. The zero-order valence-electron chi connectivity index (χ0n) is 8.53. The molecule has 15 heavy (non-hydrogen) atoms. The summed E-state index contributed by atoms with van der Waals surface area (Å²) in [5.74, 6) is 0.648. The molecule has 2 aromatic heterocycles. The summed E-state index contributed by atoms with van der Waals surface area (Å²) in [6.45, 7) is 2.01. The van der Waals surface area contributed by atoms with Crippen molar-refractivity contribution in [2.24, 2.45) is 0 Å². The number of rotatable bonds is 1. The molecular weight excluding hydrogens is 190 g/mol. The molecule has 76 valence electrons. The van der Waals surface area contributed by atoms with Crippen LogP contribution in [0.4, 0.5) is 0 Å². The number of carbonyl (C=O) groups excluding carboxylic acids is 1. The lowest BCUT2D eigenvalue weighted by Crippen LogP contribution is -2.00. The van der Waals surface area contributed by atoms with Crippen molar-refractivity contribution in [3.05, 3.63) is 28.8 Å². The van der Waals surface area contributed by atoms with E-state index in [-0.39, 0.29) is 0 Å². The Morgan fingerprint density at radius 2 is 2.27 bits per heavy atom. The fourth-order valence-corrected chi connectivity index (χ4v) is 2.32. The minimum Gasteiger partial charge on any atom is -0.296 e.